The van der Waals surface area contributed by atoms with E-state index in [1.807, 2.05) is 61.5 Å². The lowest BCUT2D eigenvalue weighted by Gasteiger charge is -2.20. The van der Waals surface area contributed by atoms with E-state index in [1.165, 1.54) is 0 Å². The summed E-state index contributed by atoms with van der Waals surface area (Å²) >= 11 is 0. The molecule has 0 aliphatic heterocycles. The summed E-state index contributed by atoms with van der Waals surface area (Å²) in [6, 6.07) is 15.5. The predicted molar refractivity (Wildman–Crippen MR) is 101 cm³/mol. The Labute approximate surface area is 144 Å². The largest absolute Gasteiger partial charge is 0.494 e. The average Bonchev–Trinajstić information content (AvgIpc) is 2.62. The minimum absolute atomic E-state index is 0.00269. The quantitative estimate of drug-likeness (QED) is 0.515. The number of rotatable bonds is 8. The van der Waals surface area contributed by atoms with E-state index in [1.54, 1.807) is 6.08 Å². The smallest absolute Gasteiger partial charge is 0.185 e. The minimum Gasteiger partial charge on any atom is -0.494 e. The Morgan fingerprint density at radius 1 is 1.04 bits per heavy atom. The Morgan fingerprint density at radius 2 is 1.75 bits per heavy atom. The van der Waals surface area contributed by atoms with Crippen LogP contribution in [0.2, 0.25) is 0 Å². The Morgan fingerprint density at radius 3 is 2.38 bits per heavy atom. The molecule has 3 heteroatoms. The van der Waals surface area contributed by atoms with Crippen molar-refractivity contribution in [2.24, 2.45) is 0 Å². The molecule has 0 spiro atoms. The molecule has 0 saturated carbocycles. The van der Waals surface area contributed by atoms with Crippen LogP contribution in [0.5, 0.6) is 5.75 Å². The summed E-state index contributed by atoms with van der Waals surface area (Å²) in [5, 5.41) is 0. The van der Waals surface area contributed by atoms with E-state index in [2.05, 4.69) is 18.7 Å². The molecule has 0 saturated heterocycles. The molecule has 0 N–H and O–H groups in total. The predicted octanol–water partition coefficient (Wildman–Crippen LogP) is 4.83. The summed E-state index contributed by atoms with van der Waals surface area (Å²) in [5.41, 5.74) is 2.79. The number of anilines is 1. The van der Waals surface area contributed by atoms with Crippen LogP contribution in [0, 0.1) is 0 Å². The lowest BCUT2D eigenvalue weighted by Crippen LogP contribution is -2.21. The summed E-state index contributed by atoms with van der Waals surface area (Å²) in [4.78, 5) is 14.6. The van der Waals surface area contributed by atoms with Gasteiger partial charge in [0.15, 0.2) is 5.78 Å². The van der Waals surface area contributed by atoms with Gasteiger partial charge in [-0.1, -0.05) is 18.2 Å². The number of hydrogen-bond acceptors (Lipinski definition) is 3. The zero-order valence-corrected chi connectivity index (χ0v) is 14.7. The highest BCUT2D eigenvalue weighted by atomic mass is 16.5. The first kappa shape index (κ1) is 17.8. The van der Waals surface area contributed by atoms with Gasteiger partial charge >= 0.3 is 0 Å². The zero-order chi connectivity index (χ0) is 17.4. The number of allylic oxidation sites excluding steroid dienone is 1. The first-order valence-electron chi connectivity index (χ1n) is 8.48. The molecule has 2 rings (SSSR count). The zero-order valence-electron chi connectivity index (χ0n) is 14.7. The van der Waals surface area contributed by atoms with Crippen LogP contribution in [-0.4, -0.2) is 25.5 Å². The number of hydrogen-bond donors (Lipinski definition) is 0. The molecule has 0 unspecified atom stereocenters. The van der Waals surface area contributed by atoms with E-state index >= 15 is 0 Å². The molecule has 0 bridgehead atoms. The first-order chi connectivity index (χ1) is 11.7. The SMILES string of the molecule is CCOc1cccc(C=CC(=O)c2ccc(N(CC)CC)cc2)c1. The number of ether oxygens (including phenoxy) is 1. The molecule has 2 aromatic rings. The van der Waals surface area contributed by atoms with Crippen molar-refractivity contribution in [3.63, 3.8) is 0 Å². The van der Waals surface area contributed by atoms with E-state index in [9.17, 15) is 4.79 Å². The summed E-state index contributed by atoms with van der Waals surface area (Å²) < 4.78 is 5.47. The fraction of sp³-hybridized carbons (Fsp3) is 0.286. The lowest BCUT2D eigenvalue weighted by molar-refractivity contribution is 0.104. The van der Waals surface area contributed by atoms with Crippen LogP contribution in [0.25, 0.3) is 6.08 Å². The van der Waals surface area contributed by atoms with Crippen LogP contribution in [0.3, 0.4) is 0 Å². The summed E-state index contributed by atoms with van der Waals surface area (Å²) in [5.74, 6) is 0.818. The standard InChI is InChI=1S/C21H25NO2/c1-4-22(5-2)19-13-11-18(12-14-19)21(23)15-10-17-8-7-9-20(16-17)24-6-3/h7-16H,4-6H2,1-3H3. The third kappa shape index (κ3) is 4.72. The van der Waals surface area contributed by atoms with Gasteiger partial charge in [-0.3, -0.25) is 4.79 Å². The molecule has 3 nitrogen and oxygen atoms in total. The number of nitrogens with zero attached hydrogens (tertiary/aromatic N) is 1. The number of carbonyl (C=O) groups excluding carboxylic acids is 1. The van der Waals surface area contributed by atoms with Crippen molar-refractivity contribution >= 4 is 17.5 Å². The van der Waals surface area contributed by atoms with Crippen molar-refractivity contribution in [3.8, 4) is 5.75 Å². The van der Waals surface area contributed by atoms with Gasteiger partial charge in [-0.15, -0.1) is 0 Å². The summed E-state index contributed by atoms with van der Waals surface area (Å²) in [6.45, 7) is 8.75. The molecule has 2 aromatic carbocycles. The molecule has 126 valence electrons. The highest BCUT2D eigenvalue weighted by Crippen LogP contribution is 2.17. The van der Waals surface area contributed by atoms with Gasteiger partial charge in [-0.25, -0.2) is 0 Å². The molecule has 0 aliphatic rings. The highest BCUT2D eigenvalue weighted by molar-refractivity contribution is 6.07. The Kier molecular flexibility index (Phi) is 6.62. The second kappa shape index (κ2) is 8.92. The highest BCUT2D eigenvalue weighted by Gasteiger charge is 2.05. The molecule has 24 heavy (non-hydrogen) atoms. The van der Waals surface area contributed by atoms with E-state index in [0.29, 0.717) is 12.2 Å². The van der Waals surface area contributed by atoms with Gasteiger partial charge in [-0.2, -0.15) is 0 Å². The monoisotopic (exact) mass is 323 g/mol. The molecule has 0 radical (unpaired) electrons. The van der Waals surface area contributed by atoms with E-state index in [0.717, 1.165) is 30.1 Å². The second-order valence-corrected chi connectivity index (χ2v) is 5.42. The van der Waals surface area contributed by atoms with Gasteiger partial charge in [0.25, 0.3) is 0 Å². The minimum atomic E-state index is 0.00269. The number of ketones is 1. The third-order valence-corrected chi connectivity index (χ3v) is 3.88. The van der Waals surface area contributed by atoms with Crippen LogP contribution < -0.4 is 9.64 Å². The lowest BCUT2D eigenvalue weighted by atomic mass is 10.1. The van der Waals surface area contributed by atoms with E-state index in [4.69, 9.17) is 4.74 Å². The van der Waals surface area contributed by atoms with Crippen molar-refractivity contribution < 1.29 is 9.53 Å². The molecule has 0 atom stereocenters. The van der Waals surface area contributed by atoms with Gasteiger partial charge in [0, 0.05) is 24.3 Å². The molecule has 0 heterocycles. The molecule has 0 aliphatic carbocycles. The fourth-order valence-corrected chi connectivity index (χ4v) is 2.57. The Bertz CT molecular complexity index is 685. The van der Waals surface area contributed by atoms with Gasteiger partial charge < -0.3 is 9.64 Å². The average molecular weight is 323 g/mol. The van der Waals surface area contributed by atoms with Crippen LogP contribution in [-0.2, 0) is 0 Å². The van der Waals surface area contributed by atoms with E-state index in [-0.39, 0.29) is 5.78 Å². The van der Waals surface area contributed by atoms with Gasteiger partial charge in [0.2, 0.25) is 0 Å². The normalized spacial score (nSPS) is 10.8. The second-order valence-electron chi connectivity index (χ2n) is 5.42. The van der Waals surface area contributed by atoms with Crippen molar-refractivity contribution in [2.75, 3.05) is 24.6 Å². The van der Waals surface area contributed by atoms with Crippen LogP contribution in [0.1, 0.15) is 36.7 Å². The van der Waals surface area contributed by atoms with E-state index < -0.39 is 0 Å². The molecule has 0 amide bonds. The van der Waals surface area contributed by atoms with Crippen molar-refractivity contribution in [3.05, 3.63) is 65.7 Å². The maximum absolute atomic E-state index is 12.3. The Balaban J connectivity index is 2.07. The molecule has 0 aromatic heterocycles. The summed E-state index contributed by atoms with van der Waals surface area (Å²) in [7, 11) is 0. The van der Waals surface area contributed by atoms with Gasteiger partial charge in [0.05, 0.1) is 6.61 Å². The summed E-state index contributed by atoms with van der Waals surface area (Å²) in [6.07, 6.45) is 3.43. The molecular weight excluding hydrogens is 298 g/mol. The topological polar surface area (TPSA) is 29.5 Å². The van der Waals surface area contributed by atoms with Gasteiger partial charge in [-0.05, 0) is 68.8 Å². The first-order valence-corrected chi connectivity index (χ1v) is 8.48. The maximum Gasteiger partial charge on any atom is 0.185 e. The van der Waals surface area contributed by atoms with Crippen LogP contribution in [0.15, 0.2) is 54.6 Å². The van der Waals surface area contributed by atoms with Gasteiger partial charge in [0.1, 0.15) is 5.75 Å². The molecular formula is C21H25NO2. The van der Waals surface area contributed by atoms with Crippen LogP contribution in [0.4, 0.5) is 5.69 Å². The van der Waals surface area contributed by atoms with Crippen molar-refractivity contribution in [1.29, 1.82) is 0 Å². The number of benzene rings is 2. The van der Waals surface area contributed by atoms with Crippen LogP contribution >= 0.6 is 0 Å². The van der Waals surface area contributed by atoms with Crippen molar-refractivity contribution in [1.82, 2.24) is 0 Å². The maximum atomic E-state index is 12.3. The molecule has 0 fully saturated rings. The fourth-order valence-electron chi connectivity index (χ4n) is 2.57. The Hall–Kier alpha value is -2.55. The number of carbonyl (C=O) groups is 1. The third-order valence-electron chi connectivity index (χ3n) is 3.88. The van der Waals surface area contributed by atoms with Crippen molar-refractivity contribution in [2.45, 2.75) is 20.8 Å².